The second-order valence-corrected chi connectivity index (χ2v) is 7.72. The smallest absolute Gasteiger partial charge is 0.234 e. The van der Waals surface area contributed by atoms with E-state index in [1.165, 1.54) is 16.7 Å². The second-order valence-electron chi connectivity index (χ2n) is 6.73. The normalized spacial score (nSPS) is 13.9. The zero-order valence-electron chi connectivity index (χ0n) is 15.2. The number of hydrogen-bond donors (Lipinski definition) is 1. The van der Waals surface area contributed by atoms with Crippen LogP contribution in [0.2, 0.25) is 0 Å². The van der Waals surface area contributed by atoms with E-state index < -0.39 is 0 Å². The van der Waals surface area contributed by atoms with Gasteiger partial charge in [-0.2, -0.15) is 0 Å². The zero-order chi connectivity index (χ0) is 18.5. The third kappa shape index (κ3) is 4.88. The molecule has 1 heterocycles. The maximum Gasteiger partial charge on any atom is 0.234 e. The highest BCUT2D eigenvalue weighted by molar-refractivity contribution is 7.99. The number of carbonyl (C=O) groups excluding carboxylic acids is 2. The highest BCUT2D eigenvalue weighted by atomic mass is 32.2. The van der Waals surface area contributed by atoms with Crippen molar-refractivity contribution in [2.24, 2.45) is 0 Å². The van der Waals surface area contributed by atoms with Crippen LogP contribution in [0.25, 0.3) is 0 Å². The molecule has 0 radical (unpaired) electrons. The Morgan fingerprint density at radius 1 is 1.12 bits per heavy atom. The van der Waals surface area contributed by atoms with Crippen molar-refractivity contribution in [1.29, 1.82) is 0 Å². The van der Waals surface area contributed by atoms with E-state index in [0.29, 0.717) is 12.2 Å². The molecule has 0 spiro atoms. The van der Waals surface area contributed by atoms with Gasteiger partial charge in [-0.05, 0) is 50.1 Å². The van der Waals surface area contributed by atoms with Crippen LogP contribution < -0.4 is 10.2 Å². The van der Waals surface area contributed by atoms with Crippen LogP contribution >= 0.6 is 11.8 Å². The van der Waals surface area contributed by atoms with Crippen molar-refractivity contribution >= 4 is 35.0 Å². The lowest BCUT2D eigenvalue weighted by atomic mass is 10.1. The van der Waals surface area contributed by atoms with Gasteiger partial charge < -0.3 is 10.2 Å². The van der Waals surface area contributed by atoms with Gasteiger partial charge in [0.1, 0.15) is 0 Å². The van der Waals surface area contributed by atoms with Crippen molar-refractivity contribution in [1.82, 2.24) is 0 Å². The minimum Gasteiger partial charge on any atom is -0.325 e. The molecular formula is C21H24N2O2S. The molecule has 1 aliphatic heterocycles. The van der Waals surface area contributed by atoms with E-state index in [2.05, 4.69) is 37.4 Å². The van der Waals surface area contributed by atoms with Crippen molar-refractivity contribution < 1.29 is 9.59 Å². The molecule has 2 amide bonds. The summed E-state index contributed by atoms with van der Waals surface area (Å²) in [7, 11) is 0. The van der Waals surface area contributed by atoms with Crippen LogP contribution in [0.15, 0.2) is 42.5 Å². The average molecular weight is 369 g/mol. The maximum atomic E-state index is 12.1. The predicted octanol–water partition coefficient (Wildman–Crippen LogP) is 4.30. The van der Waals surface area contributed by atoms with Crippen LogP contribution in [0.3, 0.4) is 0 Å². The molecule has 1 aliphatic rings. The molecule has 0 saturated carbocycles. The fourth-order valence-electron chi connectivity index (χ4n) is 3.26. The fourth-order valence-corrected chi connectivity index (χ4v) is 4.02. The number of anilines is 2. The zero-order valence-corrected chi connectivity index (χ0v) is 16.1. The molecule has 1 N–H and O–H groups in total. The third-order valence-corrected chi connectivity index (χ3v) is 5.32. The van der Waals surface area contributed by atoms with Crippen LogP contribution in [0.4, 0.5) is 11.4 Å². The summed E-state index contributed by atoms with van der Waals surface area (Å²) < 4.78 is 0. The van der Waals surface area contributed by atoms with Gasteiger partial charge in [-0.25, -0.2) is 0 Å². The lowest BCUT2D eigenvalue weighted by molar-refractivity contribution is -0.117. The van der Waals surface area contributed by atoms with Gasteiger partial charge in [0, 0.05) is 30.1 Å². The Bertz CT molecular complexity index is 782. The monoisotopic (exact) mass is 368 g/mol. The van der Waals surface area contributed by atoms with Gasteiger partial charge in [0.25, 0.3) is 0 Å². The summed E-state index contributed by atoms with van der Waals surface area (Å²) in [5.74, 6) is 1.40. The quantitative estimate of drug-likeness (QED) is 0.827. The highest BCUT2D eigenvalue weighted by Crippen LogP contribution is 2.23. The van der Waals surface area contributed by atoms with Crippen LogP contribution in [-0.4, -0.2) is 24.1 Å². The standard InChI is InChI=1S/C21H24N2O2S/c1-15-10-16(2)12-17(11-15)13-26-14-20(24)22-18-5-7-19(8-6-18)23-9-3-4-21(23)25/h5-8,10-12H,3-4,9,13-14H2,1-2H3,(H,22,24). The molecule has 1 saturated heterocycles. The number of nitrogens with one attached hydrogen (secondary N) is 1. The van der Waals surface area contributed by atoms with E-state index in [-0.39, 0.29) is 11.8 Å². The number of rotatable bonds is 6. The molecule has 2 aromatic rings. The minimum atomic E-state index is -0.00984. The number of benzene rings is 2. The fraction of sp³-hybridized carbons (Fsp3) is 0.333. The summed E-state index contributed by atoms with van der Waals surface area (Å²) in [6.45, 7) is 4.96. The summed E-state index contributed by atoms with van der Waals surface area (Å²) in [6, 6.07) is 14.0. The average Bonchev–Trinajstić information content (AvgIpc) is 3.01. The first-order valence-electron chi connectivity index (χ1n) is 8.86. The molecule has 0 unspecified atom stereocenters. The van der Waals surface area contributed by atoms with E-state index in [1.807, 2.05) is 24.3 Å². The summed E-state index contributed by atoms with van der Waals surface area (Å²) in [4.78, 5) is 25.7. The van der Waals surface area contributed by atoms with E-state index >= 15 is 0 Å². The van der Waals surface area contributed by atoms with Gasteiger partial charge >= 0.3 is 0 Å². The minimum absolute atomic E-state index is 0.00984. The second kappa shape index (κ2) is 8.41. The number of carbonyl (C=O) groups is 2. The topological polar surface area (TPSA) is 49.4 Å². The largest absolute Gasteiger partial charge is 0.325 e. The molecule has 0 bridgehead atoms. The Balaban J connectivity index is 1.48. The van der Waals surface area contributed by atoms with Crippen molar-refractivity contribution in [2.75, 3.05) is 22.5 Å². The number of aryl methyl sites for hydroxylation is 2. The Labute approximate surface area is 159 Å². The van der Waals surface area contributed by atoms with Gasteiger partial charge in [0.15, 0.2) is 0 Å². The van der Waals surface area contributed by atoms with Gasteiger partial charge in [-0.15, -0.1) is 11.8 Å². The van der Waals surface area contributed by atoms with Crippen molar-refractivity contribution in [3.63, 3.8) is 0 Å². The summed E-state index contributed by atoms with van der Waals surface area (Å²) in [6.07, 6.45) is 1.53. The SMILES string of the molecule is Cc1cc(C)cc(CSCC(=O)Nc2ccc(N3CCCC3=O)cc2)c1. The first-order valence-corrected chi connectivity index (χ1v) is 10.0. The van der Waals surface area contributed by atoms with E-state index in [0.717, 1.165) is 30.1 Å². The van der Waals surface area contributed by atoms with Crippen LogP contribution in [-0.2, 0) is 15.3 Å². The molecule has 0 aromatic heterocycles. The lowest BCUT2D eigenvalue weighted by Gasteiger charge is -2.16. The number of hydrogen-bond acceptors (Lipinski definition) is 3. The van der Waals surface area contributed by atoms with E-state index in [4.69, 9.17) is 0 Å². The first-order chi connectivity index (χ1) is 12.5. The molecule has 2 aromatic carbocycles. The van der Waals surface area contributed by atoms with Crippen LogP contribution in [0, 0.1) is 13.8 Å². The molecule has 1 fully saturated rings. The van der Waals surface area contributed by atoms with Crippen LogP contribution in [0.1, 0.15) is 29.5 Å². The molecule has 4 nitrogen and oxygen atoms in total. The Morgan fingerprint density at radius 2 is 1.81 bits per heavy atom. The molecule has 136 valence electrons. The Morgan fingerprint density at radius 3 is 2.42 bits per heavy atom. The van der Waals surface area contributed by atoms with Crippen LogP contribution in [0.5, 0.6) is 0 Å². The molecule has 3 rings (SSSR count). The summed E-state index contributed by atoms with van der Waals surface area (Å²) in [5, 5.41) is 2.92. The first kappa shape index (κ1) is 18.5. The molecule has 26 heavy (non-hydrogen) atoms. The third-order valence-electron chi connectivity index (χ3n) is 4.32. The van der Waals surface area contributed by atoms with Gasteiger partial charge in [0.05, 0.1) is 5.75 Å². The predicted molar refractivity (Wildman–Crippen MR) is 109 cm³/mol. The molecule has 5 heteroatoms. The van der Waals surface area contributed by atoms with Gasteiger partial charge in [-0.1, -0.05) is 29.3 Å². The van der Waals surface area contributed by atoms with Gasteiger partial charge in [-0.3, -0.25) is 9.59 Å². The van der Waals surface area contributed by atoms with E-state index in [9.17, 15) is 9.59 Å². The number of thioether (sulfide) groups is 1. The molecule has 0 aliphatic carbocycles. The van der Waals surface area contributed by atoms with Crippen molar-refractivity contribution in [3.05, 3.63) is 59.2 Å². The van der Waals surface area contributed by atoms with Crippen molar-refractivity contribution in [3.8, 4) is 0 Å². The maximum absolute atomic E-state index is 12.1. The molecule has 0 atom stereocenters. The highest BCUT2D eigenvalue weighted by Gasteiger charge is 2.21. The Kier molecular flexibility index (Phi) is 5.99. The lowest BCUT2D eigenvalue weighted by Crippen LogP contribution is -2.23. The summed E-state index contributed by atoms with van der Waals surface area (Å²) >= 11 is 1.61. The Hall–Kier alpha value is -2.27. The van der Waals surface area contributed by atoms with Crippen molar-refractivity contribution in [2.45, 2.75) is 32.4 Å². The number of amides is 2. The van der Waals surface area contributed by atoms with E-state index in [1.54, 1.807) is 16.7 Å². The molecular weight excluding hydrogens is 344 g/mol. The number of nitrogens with zero attached hydrogens (tertiary/aromatic N) is 1. The summed E-state index contributed by atoms with van der Waals surface area (Å²) in [5.41, 5.74) is 5.41. The van der Waals surface area contributed by atoms with Gasteiger partial charge in [0.2, 0.25) is 11.8 Å².